The van der Waals surface area contributed by atoms with E-state index >= 15 is 0 Å². The standard InChI is InChI=1S/C15H20N4O2/c1-11(2)14-9-13(19-21-14)15(20)18-8-4-7-17-12-5-3-6-16-10-12/h3,5-6,9-11,17H,4,7-8H2,1-2H3,(H,18,20). The van der Waals surface area contributed by atoms with E-state index in [1.54, 1.807) is 18.5 Å². The molecule has 0 aliphatic carbocycles. The van der Waals surface area contributed by atoms with Crippen LogP contribution in [0, 0.1) is 0 Å². The van der Waals surface area contributed by atoms with Crippen molar-refractivity contribution in [2.24, 2.45) is 0 Å². The number of nitrogens with one attached hydrogen (secondary N) is 2. The number of pyridine rings is 1. The number of hydrogen-bond acceptors (Lipinski definition) is 5. The van der Waals surface area contributed by atoms with Gasteiger partial charge in [-0.25, -0.2) is 0 Å². The van der Waals surface area contributed by atoms with E-state index in [0.717, 1.165) is 24.4 Å². The summed E-state index contributed by atoms with van der Waals surface area (Å²) in [6.07, 6.45) is 4.31. The fraction of sp³-hybridized carbons (Fsp3) is 0.400. The van der Waals surface area contributed by atoms with Crippen molar-refractivity contribution in [1.29, 1.82) is 0 Å². The molecule has 112 valence electrons. The minimum atomic E-state index is -0.202. The van der Waals surface area contributed by atoms with E-state index in [1.165, 1.54) is 0 Å². The summed E-state index contributed by atoms with van der Waals surface area (Å²) in [6.45, 7) is 5.33. The monoisotopic (exact) mass is 288 g/mol. The molecule has 0 saturated carbocycles. The van der Waals surface area contributed by atoms with E-state index in [-0.39, 0.29) is 11.8 Å². The van der Waals surface area contributed by atoms with Gasteiger partial charge in [0.05, 0.1) is 5.69 Å². The van der Waals surface area contributed by atoms with Crippen molar-refractivity contribution in [1.82, 2.24) is 15.5 Å². The average Bonchev–Trinajstić information content (AvgIpc) is 2.98. The summed E-state index contributed by atoms with van der Waals surface area (Å²) in [5.74, 6) is 0.744. The summed E-state index contributed by atoms with van der Waals surface area (Å²) in [5.41, 5.74) is 1.31. The number of aromatic nitrogens is 2. The van der Waals surface area contributed by atoms with Crippen LogP contribution in [-0.2, 0) is 0 Å². The van der Waals surface area contributed by atoms with E-state index in [2.05, 4.69) is 20.8 Å². The molecule has 2 rings (SSSR count). The van der Waals surface area contributed by atoms with Crippen LogP contribution < -0.4 is 10.6 Å². The number of nitrogens with zero attached hydrogens (tertiary/aromatic N) is 2. The lowest BCUT2D eigenvalue weighted by Crippen LogP contribution is -2.26. The maximum atomic E-state index is 11.8. The van der Waals surface area contributed by atoms with Crippen molar-refractivity contribution >= 4 is 11.6 Å². The molecular weight excluding hydrogens is 268 g/mol. The molecule has 1 amide bonds. The summed E-state index contributed by atoms with van der Waals surface area (Å²) in [7, 11) is 0. The number of anilines is 1. The Hall–Kier alpha value is -2.37. The molecule has 21 heavy (non-hydrogen) atoms. The molecule has 0 atom stereocenters. The van der Waals surface area contributed by atoms with Gasteiger partial charge in [-0.05, 0) is 18.6 Å². The molecule has 0 aromatic carbocycles. The van der Waals surface area contributed by atoms with Gasteiger partial charge in [-0.2, -0.15) is 0 Å². The highest BCUT2D eigenvalue weighted by Crippen LogP contribution is 2.14. The van der Waals surface area contributed by atoms with Gasteiger partial charge in [-0.3, -0.25) is 9.78 Å². The van der Waals surface area contributed by atoms with Gasteiger partial charge in [0.1, 0.15) is 5.76 Å². The first-order chi connectivity index (χ1) is 10.2. The number of amides is 1. The first-order valence-electron chi connectivity index (χ1n) is 7.05. The van der Waals surface area contributed by atoms with Gasteiger partial charge in [0.15, 0.2) is 5.69 Å². The van der Waals surface area contributed by atoms with Crippen LogP contribution in [-0.4, -0.2) is 29.1 Å². The zero-order valence-electron chi connectivity index (χ0n) is 12.3. The predicted octanol–water partition coefficient (Wildman–Crippen LogP) is 2.43. The van der Waals surface area contributed by atoms with Crippen LogP contribution in [0.4, 0.5) is 5.69 Å². The molecule has 0 aliphatic heterocycles. The molecule has 0 fully saturated rings. The number of carbonyl (C=O) groups is 1. The first kappa shape index (κ1) is 15.0. The Bertz CT molecular complexity index is 566. The van der Waals surface area contributed by atoms with Crippen LogP contribution in [0.3, 0.4) is 0 Å². The Morgan fingerprint density at radius 3 is 2.90 bits per heavy atom. The molecule has 0 radical (unpaired) electrons. The lowest BCUT2D eigenvalue weighted by molar-refractivity contribution is 0.0944. The van der Waals surface area contributed by atoms with E-state index in [9.17, 15) is 4.79 Å². The zero-order chi connectivity index (χ0) is 15.1. The van der Waals surface area contributed by atoms with Crippen LogP contribution in [0.15, 0.2) is 35.1 Å². The molecular formula is C15H20N4O2. The molecule has 2 aromatic heterocycles. The van der Waals surface area contributed by atoms with Gasteiger partial charge in [-0.1, -0.05) is 19.0 Å². The smallest absolute Gasteiger partial charge is 0.273 e. The van der Waals surface area contributed by atoms with Crippen molar-refractivity contribution in [3.05, 3.63) is 42.0 Å². The normalized spacial score (nSPS) is 10.6. The Balaban J connectivity index is 1.67. The van der Waals surface area contributed by atoms with Crippen LogP contribution in [0.25, 0.3) is 0 Å². The molecule has 0 spiro atoms. The summed E-state index contributed by atoms with van der Waals surface area (Å²) in [6, 6.07) is 5.52. The molecule has 0 saturated heterocycles. The highest BCUT2D eigenvalue weighted by molar-refractivity contribution is 5.92. The van der Waals surface area contributed by atoms with Gasteiger partial charge in [0.25, 0.3) is 5.91 Å². The van der Waals surface area contributed by atoms with Crippen molar-refractivity contribution in [3.8, 4) is 0 Å². The Morgan fingerprint density at radius 1 is 1.38 bits per heavy atom. The third kappa shape index (κ3) is 4.59. The minimum absolute atomic E-state index is 0.202. The summed E-state index contributed by atoms with van der Waals surface area (Å²) < 4.78 is 5.10. The van der Waals surface area contributed by atoms with Crippen molar-refractivity contribution < 1.29 is 9.32 Å². The van der Waals surface area contributed by atoms with Crippen LogP contribution in [0.2, 0.25) is 0 Å². The topological polar surface area (TPSA) is 80.0 Å². The molecule has 6 nitrogen and oxygen atoms in total. The van der Waals surface area contributed by atoms with Crippen molar-refractivity contribution in [3.63, 3.8) is 0 Å². The Kier molecular flexibility index (Phi) is 5.31. The predicted molar refractivity (Wildman–Crippen MR) is 80.3 cm³/mol. The molecule has 0 aliphatic rings. The van der Waals surface area contributed by atoms with Crippen LogP contribution in [0.1, 0.15) is 42.4 Å². The van der Waals surface area contributed by atoms with Gasteiger partial charge in [-0.15, -0.1) is 0 Å². The van der Waals surface area contributed by atoms with Crippen molar-refractivity contribution in [2.75, 3.05) is 18.4 Å². The molecule has 2 N–H and O–H groups in total. The molecule has 0 bridgehead atoms. The number of rotatable bonds is 7. The third-order valence-electron chi connectivity index (χ3n) is 2.96. The van der Waals surface area contributed by atoms with Gasteiger partial charge in [0.2, 0.25) is 0 Å². The maximum absolute atomic E-state index is 11.8. The summed E-state index contributed by atoms with van der Waals surface area (Å²) in [4.78, 5) is 15.9. The van der Waals surface area contributed by atoms with E-state index in [0.29, 0.717) is 12.2 Å². The molecule has 0 unspecified atom stereocenters. The second-order valence-electron chi connectivity index (χ2n) is 5.05. The van der Waals surface area contributed by atoms with Gasteiger partial charge >= 0.3 is 0 Å². The van der Waals surface area contributed by atoms with E-state index in [4.69, 9.17) is 4.52 Å². The Morgan fingerprint density at radius 2 is 2.24 bits per heavy atom. The van der Waals surface area contributed by atoms with Gasteiger partial charge in [0, 0.05) is 37.5 Å². The molecule has 6 heteroatoms. The lowest BCUT2D eigenvalue weighted by Gasteiger charge is -2.06. The van der Waals surface area contributed by atoms with E-state index < -0.39 is 0 Å². The minimum Gasteiger partial charge on any atom is -0.384 e. The fourth-order valence-corrected chi connectivity index (χ4v) is 1.75. The quantitative estimate of drug-likeness (QED) is 0.765. The van der Waals surface area contributed by atoms with Crippen LogP contribution in [0.5, 0.6) is 0 Å². The highest BCUT2D eigenvalue weighted by Gasteiger charge is 2.13. The SMILES string of the molecule is CC(C)c1cc(C(=O)NCCCNc2cccnc2)no1. The second-order valence-corrected chi connectivity index (χ2v) is 5.05. The first-order valence-corrected chi connectivity index (χ1v) is 7.05. The molecule has 2 heterocycles. The zero-order valence-corrected chi connectivity index (χ0v) is 12.3. The van der Waals surface area contributed by atoms with Gasteiger partial charge < -0.3 is 15.2 Å². The second kappa shape index (κ2) is 7.42. The Labute approximate surface area is 123 Å². The third-order valence-corrected chi connectivity index (χ3v) is 2.96. The lowest BCUT2D eigenvalue weighted by atomic mass is 10.1. The maximum Gasteiger partial charge on any atom is 0.273 e. The number of hydrogen-bond donors (Lipinski definition) is 2. The summed E-state index contributed by atoms with van der Waals surface area (Å²) >= 11 is 0. The van der Waals surface area contributed by atoms with E-state index in [1.807, 2.05) is 26.0 Å². The number of carbonyl (C=O) groups excluding carboxylic acids is 1. The highest BCUT2D eigenvalue weighted by atomic mass is 16.5. The fourth-order valence-electron chi connectivity index (χ4n) is 1.75. The summed E-state index contributed by atoms with van der Waals surface area (Å²) in [5, 5.41) is 9.82. The average molecular weight is 288 g/mol. The van der Waals surface area contributed by atoms with Crippen molar-refractivity contribution in [2.45, 2.75) is 26.2 Å². The van der Waals surface area contributed by atoms with Crippen LogP contribution >= 0.6 is 0 Å². The largest absolute Gasteiger partial charge is 0.384 e. The molecule has 2 aromatic rings.